The van der Waals surface area contributed by atoms with Crippen LogP contribution in [0.15, 0.2) is 36.7 Å². The number of halogens is 3. The third-order valence-electron chi connectivity index (χ3n) is 4.11. The Morgan fingerprint density at radius 3 is 2.16 bits per heavy atom. The fraction of sp³-hybridized carbons (Fsp3) is 0.333. The summed E-state index contributed by atoms with van der Waals surface area (Å²) < 4.78 is 39.4. The molecule has 0 N–H and O–H groups in total. The van der Waals surface area contributed by atoms with Crippen LogP contribution in [0.5, 0.6) is 0 Å². The summed E-state index contributed by atoms with van der Waals surface area (Å²) in [6, 6.07) is 6.14. The van der Waals surface area contributed by atoms with E-state index in [0.29, 0.717) is 32.0 Å². The Morgan fingerprint density at radius 1 is 0.840 bits per heavy atom. The number of piperazine rings is 1. The third kappa shape index (κ3) is 3.06. The molecular weight excluding hydrogens is 335 g/mol. The van der Waals surface area contributed by atoms with Gasteiger partial charge in [-0.05, 0) is 24.3 Å². The van der Waals surface area contributed by atoms with E-state index in [-0.39, 0.29) is 0 Å². The van der Waals surface area contributed by atoms with Crippen LogP contribution < -0.4 is 9.80 Å². The molecule has 0 radical (unpaired) electrons. The van der Waals surface area contributed by atoms with E-state index in [1.807, 2.05) is 17.0 Å². The fourth-order valence-electron chi connectivity index (χ4n) is 2.78. The van der Waals surface area contributed by atoms with Gasteiger partial charge in [0.25, 0.3) is 0 Å². The van der Waals surface area contributed by atoms with Crippen molar-refractivity contribution in [2.75, 3.05) is 36.0 Å². The van der Waals surface area contributed by atoms with Crippen molar-refractivity contribution in [3.63, 3.8) is 0 Å². The summed E-state index contributed by atoms with van der Waals surface area (Å²) in [6.45, 7) is 2.64. The number of nitrogens with zero attached hydrogens (tertiary/aromatic N) is 7. The van der Waals surface area contributed by atoms with Crippen molar-refractivity contribution in [1.82, 2.24) is 24.8 Å². The van der Waals surface area contributed by atoms with E-state index in [4.69, 9.17) is 0 Å². The Bertz CT molecular complexity index is 867. The third-order valence-corrected chi connectivity index (χ3v) is 4.11. The lowest BCUT2D eigenvalue weighted by molar-refractivity contribution is -0.141. The average molecular weight is 349 g/mol. The summed E-state index contributed by atoms with van der Waals surface area (Å²) in [5.74, 6) is 1.29. The van der Waals surface area contributed by atoms with Gasteiger partial charge in [-0.1, -0.05) is 0 Å². The summed E-state index contributed by atoms with van der Waals surface area (Å²) in [7, 11) is 0. The Labute approximate surface area is 140 Å². The van der Waals surface area contributed by atoms with Crippen LogP contribution >= 0.6 is 0 Å². The number of hydrogen-bond acceptors (Lipinski definition) is 6. The van der Waals surface area contributed by atoms with Gasteiger partial charge in [-0.2, -0.15) is 13.2 Å². The van der Waals surface area contributed by atoms with Crippen LogP contribution in [0.1, 0.15) is 5.69 Å². The zero-order valence-electron chi connectivity index (χ0n) is 13.1. The predicted molar refractivity (Wildman–Crippen MR) is 84.4 cm³/mol. The molecule has 1 saturated heterocycles. The Morgan fingerprint density at radius 2 is 1.52 bits per heavy atom. The van der Waals surface area contributed by atoms with Gasteiger partial charge in [-0.25, -0.2) is 9.50 Å². The van der Waals surface area contributed by atoms with Gasteiger partial charge in [0, 0.05) is 38.6 Å². The average Bonchev–Trinajstić information content (AvgIpc) is 3.09. The molecule has 4 heterocycles. The first kappa shape index (κ1) is 15.6. The van der Waals surface area contributed by atoms with Crippen LogP contribution in [0.3, 0.4) is 0 Å². The van der Waals surface area contributed by atoms with Gasteiger partial charge in [0.1, 0.15) is 5.82 Å². The minimum Gasteiger partial charge on any atom is -0.352 e. The first-order valence-electron chi connectivity index (χ1n) is 7.72. The van der Waals surface area contributed by atoms with Crippen LogP contribution in [0.25, 0.3) is 5.65 Å². The molecule has 0 atom stereocenters. The highest BCUT2D eigenvalue weighted by molar-refractivity contribution is 5.48. The van der Waals surface area contributed by atoms with Gasteiger partial charge in [0.2, 0.25) is 0 Å². The normalized spacial score (nSPS) is 15.8. The molecule has 1 fully saturated rings. The topological polar surface area (TPSA) is 62.5 Å². The first-order chi connectivity index (χ1) is 12.0. The number of anilines is 2. The lowest BCUT2D eigenvalue weighted by Gasteiger charge is -2.35. The molecule has 4 rings (SSSR count). The quantitative estimate of drug-likeness (QED) is 0.704. The van der Waals surface area contributed by atoms with Crippen LogP contribution in [-0.2, 0) is 6.18 Å². The van der Waals surface area contributed by atoms with Gasteiger partial charge >= 0.3 is 6.18 Å². The number of hydrogen-bond donors (Lipinski definition) is 0. The number of imidazole rings is 1. The van der Waals surface area contributed by atoms with E-state index in [1.54, 1.807) is 16.9 Å². The largest absolute Gasteiger partial charge is 0.435 e. The Kier molecular flexibility index (Phi) is 3.66. The minimum absolute atomic E-state index is 0.450. The lowest BCUT2D eigenvalue weighted by Crippen LogP contribution is -2.47. The Hall–Kier alpha value is -2.91. The molecular formula is C15H14F3N7. The maximum Gasteiger partial charge on any atom is 0.435 e. The van der Waals surface area contributed by atoms with E-state index in [9.17, 15) is 13.2 Å². The van der Waals surface area contributed by atoms with Crippen molar-refractivity contribution < 1.29 is 13.2 Å². The van der Waals surface area contributed by atoms with Crippen molar-refractivity contribution in [1.29, 1.82) is 0 Å². The summed E-state index contributed by atoms with van der Waals surface area (Å²) in [5, 5.41) is 11.5. The standard InChI is InChI=1S/C15H14F3N7/c16-15(17,18)11-1-2-13(21-20-11)23-7-9-24(10-8-23)14-4-3-12-19-5-6-25(12)22-14/h1-6H,7-10H2. The second kappa shape index (κ2) is 5.87. The molecule has 0 aliphatic carbocycles. The molecule has 0 saturated carbocycles. The van der Waals surface area contributed by atoms with Crippen molar-refractivity contribution in [2.45, 2.75) is 6.18 Å². The van der Waals surface area contributed by atoms with Crippen molar-refractivity contribution in [2.24, 2.45) is 0 Å². The monoisotopic (exact) mass is 349 g/mol. The first-order valence-corrected chi connectivity index (χ1v) is 7.72. The molecule has 3 aromatic heterocycles. The highest BCUT2D eigenvalue weighted by Gasteiger charge is 2.33. The smallest absolute Gasteiger partial charge is 0.352 e. The van der Waals surface area contributed by atoms with Gasteiger partial charge in [-0.15, -0.1) is 15.3 Å². The number of alkyl halides is 3. The minimum atomic E-state index is -4.47. The van der Waals surface area contributed by atoms with Crippen molar-refractivity contribution >= 4 is 17.3 Å². The molecule has 1 aliphatic heterocycles. The predicted octanol–water partition coefficient (Wildman–Crippen LogP) is 1.86. The molecule has 0 bridgehead atoms. The fourth-order valence-corrected chi connectivity index (χ4v) is 2.78. The molecule has 0 spiro atoms. The van der Waals surface area contributed by atoms with Crippen LogP contribution in [-0.4, -0.2) is 51.0 Å². The summed E-state index contributed by atoms with van der Waals surface area (Å²) in [5.41, 5.74) is -0.199. The summed E-state index contributed by atoms with van der Waals surface area (Å²) >= 11 is 0. The molecule has 0 amide bonds. The maximum absolute atomic E-state index is 12.6. The molecule has 3 aromatic rings. The molecule has 10 heteroatoms. The molecule has 0 aromatic carbocycles. The molecule has 1 aliphatic rings. The maximum atomic E-state index is 12.6. The van der Waals surface area contributed by atoms with E-state index in [1.165, 1.54) is 6.07 Å². The lowest BCUT2D eigenvalue weighted by atomic mass is 10.3. The number of fused-ring (bicyclic) bond motifs is 1. The molecule has 0 unspecified atom stereocenters. The summed E-state index contributed by atoms with van der Waals surface area (Å²) in [6.07, 6.45) is -0.998. The van der Waals surface area contributed by atoms with Crippen LogP contribution in [0.2, 0.25) is 0 Å². The second-order valence-electron chi connectivity index (χ2n) is 5.67. The zero-order valence-corrected chi connectivity index (χ0v) is 13.1. The SMILES string of the molecule is FC(F)(F)c1ccc(N2CCN(c3ccc4nccn4n3)CC2)nn1. The van der Waals surface area contributed by atoms with E-state index in [0.717, 1.165) is 17.5 Å². The van der Waals surface area contributed by atoms with Gasteiger partial charge < -0.3 is 9.80 Å². The number of rotatable bonds is 2. The number of aromatic nitrogens is 5. The molecule has 25 heavy (non-hydrogen) atoms. The van der Waals surface area contributed by atoms with Crippen molar-refractivity contribution in [3.8, 4) is 0 Å². The van der Waals surface area contributed by atoms with Gasteiger partial charge in [0.15, 0.2) is 17.2 Å². The van der Waals surface area contributed by atoms with Crippen LogP contribution in [0, 0.1) is 0 Å². The van der Waals surface area contributed by atoms with Crippen molar-refractivity contribution in [3.05, 3.63) is 42.4 Å². The van der Waals surface area contributed by atoms with E-state index >= 15 is 0 Å². The zero-order chi connectivity index (χ0) is 17.4. The second-order valence-corrected chi connectivity index (χ2v) is 5.67. The summed E-state index contributed by atoms with van der Waals surface area (Å²) in [4.78, 5) is 8.19. The molecule has 130 valence electrons. The molecule has 7 nitrogen and oxygen atoms in total. The van der Waals surface area contributed by atoms with E-state index < -0.39 is 11.9 Å². The Balaban J connectivity index is 1.44. The highest BCUT2D eigenvalue weighted by Crippen LogP contribution is 2.27. The van der Waals surface area contributed by atoms with Gasteiger partial charge in [-0.3, -0.25) is 0 Å². The van der Waals surface area contributed by atoms with Crippen LogP contribution in [0.4, 0.5) is 24.8 Å². The highest BCUT2D eigenvalue weighted by atomic mass is 19.4. The van der Waals surface area contributed by atoms with E-state index in [2.05, 4.69) is 25.2 Å². The van der Waals surface area contributed by atoms with Gasteiger partial charge in [0.05, 0.1) is 0 Å².